The molecule has 0 radical (unpaired) electrons. The number of primary amides is 1. The first-order chi connectivity index (χ1) is 12.5. The molecular weight excluding hydrogens is 356 g/mol. The summed E-state index contributed by atoms with van der Waals surface area (Å²) >= 11 is 1.62. The number of benzene rings is 2. The van der Waals surface area contributed by atoms with Crippen LogP contribution in [0, 0.1) is 0 Å². The Morgan fingerprint density at radius 2 is 1.65 bits per heavy atom. The number of hydrogen-bond acceptors (Lipinski definition) is 6. The highest BCUT2D eigenvalue weighted by molar-refractivity contribution is 7.98. The summed E-state index contributed by atoms with van der Waals surface area (Å²) in [6.07, 6.45) is 1.98. The molecule has 7 nitrogen and oxygen atoms in total. The molecule has 0 unspecified atom stereocenters. The fraction of sp³-hybridized carbons (Fsp3) is 0.222. The predicted octanol–water partition coefficient (Wildman–Crippen LogP) is 2.54. The van der Waals surface area contributed by atoms with Gasteiger partial charge in [0.05, 0.1) is 14.2 Å². The van der Waals surface area contributed by atoms with Crippen LogP contribution >= 0.6 is 11.8 Å². The van der Waals surface area contributed by atoms with Crippen LogP contribution in [0.3, 0.4) is 0 Å². The molecule has 0 aliphatic carbocycles. The van der Waals surface area contributed by atoms with Gasteiger partial charge in [-0.1, -0.05) is 0 Å². The lowest BCUT2D eigenvalue weighted by Crippen LogP contribution is -2.20. The van der Waals surface area contributed by atoms with Gasteiger partial charge in [-0.2, -0.15) is 0 Å². The van der Waals surface area contributed by atoms with Crippen molar-refractivity contribution in [1.82, 2.24) is 0 Å². The summed E-state index contributed by atoms with van der Waals surface area (Å²) < 4.78 is 15.8. The smallest absolute Gasteiger partial charge is 0.255 e. The summed E-state index contributed by atoms with van der Waals surface area (Å²) in [4.78, 5) is 24.6. The number of thioether (sulfide) groups is 1. The van der Waals surface area contributed by atoms with E-state index in [1.165, 1.54) is 26.4 Å². The van der Waals surface area contributed by atoms with Gasteiger partial charge in [-0.3, -0.25) is 9.59 Å². The number of rotatable bonds is 8. The number of nitrogens with one attached hydrogen (secondary N) is 1. The van der Waals surface area contributed by atoms with Crippen LogP contribution in [0.15, 0.2) is 41.3 Å². The van der Waals surface area contributed by atoms with Crippen molar-refractivity contribution in [3.8, 4) is 17.2 Å². The van der Waals surface area contributed by atoms with Crippen LogP contribution in [0.2, 0.25) is 0 Å². The van der Waals surface area contributed by atoms with Gasteiger partial charge in [-0.05, 0) is 42.7 Å². The van der Waals surface area contributed by atoms with Crippen LogP contribution in [0.1, 0.15) is 10.4 Å². The van der Waals surface area contributed by atoms with Gasteiger partial charge in [0, 0.05) is 16.1 Å². The molecule has 0 aliphatic heterocycles. The van der Waals surface area contributed by atoms with E-state index >= 15 is 0 Å². The lowest BCUT2D eigenvalue weighted by Gasteiger charge is -2.15. The van der Waals surface area contributed by atoms with Crippen molar-refractivity contribution in [2.75, 3.05) is 32.4 Å². The molecule has 0 aliphatic rings. The Morgan fingerprint density at radius 1 is 1.08 bits per heavy atom. The van der Waals surface area contributed by atoms with E-state index in [2.05, 4.69) is 5.32 Å². The minimum Gasteiger partial charge on any atom is -0.493 e. The van der Waals surface area contributed by atoms with E-state index in [0.29, 0.717) is 11.3 Å². The summed E-state index contributed by atoms with van der Waals surface area (Å²) in [6.45, 7) is -0.333. The fourth-order valence-corrected chi connectivity index (χ4v) is 2.58. The highest BCUT2D eigenvalue weighted by atomic mass is 32.2. The molecule has 2 aromatic carbocycles. The third kappa shape index (κ3) is 4.82. The molecule has 0 atom stereocenters. The van der Waals surface area contributed by atoms with Crippen molar-refractivity contribution in [1.29, 1.82) is 0 Å². The summed E-state index contributed by atoms with van der Waals surface area (Å²) in [5.41, 5.74) is 6.08. The maximum absolute atomic E-state index is 12.5. The molecule has 26 heavy (non-hydrogen) atoms. The molecule has 0 fully saturated rings. The molecule has 2 amide bonds. The molecule has 0 aromatic heterocycles. The lowest BCUT2D eigenvalue weighted by atomic mass is 10.1. The fourth-order valence-electron chi connectivity index (χ4n) is 2.17. The number of methoxy groups -OCH3 is 2. The molecule has 8 heteroatoms. The number of nitrogens with two attached hydrogens (primary N) is 1. The minimum atomic E-state index is -0.635. The molecule has 138 valence electrons. The zero-order valence-electron chi connectivity index (χ0n) is 14.7. The largest absolute Gasteiger partial charge is 0.493 e. The first-order valence-corrected chi connectivity index (χ1v) is 8.83. The number of carbonyl (C=O) groups is 2. The molecule has 0 spiro atoms. The number of amides is 2. The third-order valence-corrected chi connectivity index (χ3v) is 4.17. The van der Waals surface area contributed by atoms with Gasteiger partial charge in [0.15, 0.2) is 18.1 Å². The van der Waals surface area contributed by atoms with E-state index in [1.54, 1.807) is 11.8 Å². The number of hydrogen-bond donors (Lipinski definition) is 2. The van der Waals surface area contributed by atoms with Crippen molar-refractivity contribution >= 4 is 29.3 Å². The summed E-state index contributed by atoms with van der Waals surface area (Å²) in [5.74, 6) is -0.249. The van der Waals surface area contributed by atoms with E-state index in [-0.39, 0.29) is 29.8 Å². The quantitative estimate of drug-likeness (QED) is 0.687. The Bertz CT molecular complexity index is 768. The highest BCUT2D eigenvalue weighted by Crippen LogP contribution is 2.38. The standard InChI is InChI=1S/C18H20N2O5S/c1-23-14-8-11(9-15(24-2)17(14)25-10-16(19)21)18(22)20-12-4-6-13(26-3)7-5-12/h4-9H,10H2,1-3H3,(H2,19,21)(H,20,22). The highest BCUT2D eigenvalue weighted by Gasteiger charge is 2.18. The van der Waals surface area contributed by atoms with Crippen LogP contribution in [0.5, 0.6) is 17.2 Å². The molecule has 2 aromatic rings. The summed E-state index contributed by atoms with van der Waals surface area (Å²) in [6, 6.07) is 10.5. The Hall–Kier alpha value is -2.87. The van der Waals surface area contributed by atoms with Crippen molar-refractivity contribution in [2.24, 2.45) is 5.73 Å². The van der Waals surface area contributed by atoms with Crippen LogP contribution < -0.4 is 25.3 Å². The summed E-state index contributed by atoms with van der Waals surface area (Å²) in [7, 11) is 2.85. The topological polar surface area (TPSA) is 99.9 Å². The maximum atomic E-state index is 12.5. The van der Waals surface area contributed by atoms with Gasteiger partial charge in [0.1, 0.15) is 0 Å². The average Bonchev–Trinajstić information content (AvgIpc) is 2.65. The van der Waals surface area contributed by atoms with Gasteiger partial charge >= 0.3 is 0 Å². The first kappa shape index (κ1) is 19.5. The molecule has 0 bridgehead atoms. The van der Waals surface area contributed by atoms with Crippen LogP contribution in [0.4, 0.5) is 5.69 Å². The molecule has 3 N–H and O–H groups in total. The zero-order valence-corrected chi connectivity index (χ0v) is 15.5. The van der Waals surface area contributed by atoms with Crippen molar-refractivity contribution in [3.05, 3.63) is 42.0 Å². The number of anilines is 1. The Balaban J connectivity index is 2.27. The number of carbonyl (C=O) groups excluding carboxylic acids is 2. The SMILES string of the molecule is COc1cc(C(=O)Nc2ccc(SC)cc2)cc(OC)c1OCC(N)=O. The van der Waals surface area contributed by atoms with Gasteiger partial charge < -0.3 is 25.3 Å². The van der Waals surface area contributed by atoms with Crippen LogP contribution in [0.25, 0.3) is 0 Å². The van der Waals surface area contributed by atoms with Gasteiger partial charge in [-0.15, -0.1) is 11.8 Å². The first-order valence-electron chi connectivity index (χ1n) is 7.61. The summed E-state index contributed by atoms with van der Waals surface area (Å²) in [5, 5.41) is 2.81. The number of ether oxygens (including phenoxy) is 3. The van der Waals surface area contributed by atoms with E-state index in [9.17, 15) is 9.59 Å². The minimum absolute atomic E-state index is 0.203. The van der Waals surface area contributed by atoms with Crippen LogP contribution in [-0.2, 0) is 4.79 Å². The maximum Gasteiger partial charge on any atom is 0.255 e. The van der Waals surface area contributed by atoms with Gasteiger partial charge in [0.25, 0.3) is 11.8 Å². The predicted molar refractivity (Wildman–Crippen MR) is 100 cm³/mol. The van der Waals surface area contributed by atoms with E-state index < -0.39 is 5.91 Å². The van der Waals surface area contributed by atoms with E-state index in [0.717, 1.165) is 4.90 Å². The molecule has 0 saturated carbocycles. The Kier molecular flexibility index (Phi) is 6.74. The van der Waals surface area contributed by atoms with E-state index in [1.807, 2.05) is 30.5 Å². The third-order valence-electron chi connectivity index (χ3n) is 3.43. The Morgan fingerprint density at radius 3 is 2.12 bits per heavy atom. The average molecular weight is 376 g/mol. The second-order valence-corrected chi connectivity index (χ2v) is 6.03. The second-order valence-electron chi connectivity index (χ2n) is 5.15. The molecule has 0 saturated heterocycles. The van der Waals surface area contributed by atoms with Gasteiger partial charge in [0.2, 0.25) is 5.75 Å². The zero-order chi connectivity index (χ0) is 19.1. The van der Waals surface area contributed by atoms with E-state index in [4.69, 9.17) is 19.9 Å². The Labute approximate surface area is 155 Å². The van der Waals surface area contributed by atoms with Gasteiger partial charge in [-0.25, -0.2) is 0 Å². The monoisotopic (exact) mass is 376 g/mol. The normalized spacial score (nSPS) is 10.1. The van der Waals surface area contributed by atoms with Crippen molar-refractivity contribution < 1.29 is 23.8 Å². The molecular formula is C18H20N2O5S. The van der Waals surface area contributed by atoms with Crippen molar-refractivity contribution in [3.63, 3.8) is 0 Å². The molecule has 2 rings (SSSR count). The second kappa shape index (κ2) is 9.00. The van der Waals surface area contributed by atoms with Crippen LogP contribution in [-0.4, -0.2) is 38.9 Å². The molecule has 0 heterocycles. The van der Waals surface area contributed by atoms with Crippen molar-refractivity contribution in [2.45, 2.75) is 4.90 Å². The lowest BCUT2D eigenvalue weighted by molar-refractivity contribution is -0.120.